The molecule has 0 amide bonds. The van der Waals surface area contributed by atoms with E-state index in [0.29, 0.717) is 5.78 Å². The van der Waals surface area contributed by atoms with Gasteiger partial charge in [-0.3, -0.25) is 4.79 Å². The van der Waals surface area contributed by atoms with Gasteiger partial charge in [0.05, 0.1) is 6.04 Å². The molecule has 0 fully saturated rings. The molecule has 1 N–H and O–H groups in total. The average molecular weight is 221 g/mol. The van der Waals surface area contributed by atoms with Crippen molar-refractivity contribution in [2.24, 2.45) is 5.92 Å². The van der Waals surface area contributed by atoms with Crippen LogP contribution in [-0.4, -0.2) is 18.4 Å². The minimum Gasteiger partial charge on any atom is -0.307 e. The van der Waals surface area contributed by atoms with Crippen LogP contribution in [0.2, 0.25) is 0 Å². The number of carbonyl (C=O) groups is 1. The Labute approximate surface area is 99.5 Å². The fourth-order valence-corrected chi connectivity index (χ4v) is 1.77. The molecule has 0 aliphatic rings. The van der Waals surface area contributed by atoms with E-state index in [1.807, 2.05) is 39.0 Å². The van der Waals surface area contributed by atoms with Gasteiger partial charge in [0, 0.05) is 7.34 Å². The number of rotatable bonds is 6. The number of hydrogen-bond donors (Lipinski definition) is 1. The van der Waals surface area contributed by atoms with E-state index in [1.165, 1.54) is 5.56 Å². The monoisotopic (exact) mass is 221 g/mol. The molecule has 0 heterocycles. The van der Waals surface area contributed by atoms with E-state index in [9.17, 15) is 4.79 Å². The molecule has 1 aromatic carbocycles. The third-order valence-electron chi connectivity index (χ3n) is 2.65. The van der Waals surface area contributed by atoms with Crippen molar-refractivity contribution in [2.75, 3.05) is 6.54 Å². The van der Waals surface area contributed by atoms with Crippen LogP contribution in [0.5, 0.6) is 0 Å². The summed E-state index contributed by atoms with van der Waals surface area (Å²) in [4.78, 5) is 12.0. The molecule has 16 heavy (non-hydrogen) atoms. The van der Waals surface area contributed by atoms with Crippen molar-refractivity contribution in [1.82, 2.24) is 5.32 Å². The summed E-state index contributed by atoms with van der Waals surface area (Å²) in [7, 11) is 0. The number of carbonyl (C=O) groups excluding carboxylic acids is 1. The van der Waals surface area contributed by atoms with Crippen LogP contribution in [0.25, 0.3) is 0 Å². The Morgan fingerprint density at radius 1 is 1.31 bits per heavy atom. The summed E-state index contributed by atoms with van der Waals surface area (Å²) in [5, 5.41) is 3.26. The first kappa shape index (κ1) is 12.9. The van der Waals surface area contributed by atoms with Crippen molar-refractivity contribution in [3.05, 3.63) is 35.9 Å². The van der Waals surface area contributed by atoms with Gasteiger partial charge in [0.15, 0.2) is 5.78 Å². The SMILES string of the molecule is CCNC(Cc1ccccc1)C(=O)C(C)C.[HH]. The predicted molar refractivity (Wildman–Crippen MR) is 69.6 cm³/mol. The van der Waals surface area contributed by atoms with E-state index in [1.54, 1.807) is 0 Å². The van der Waals surface area contributed by atoms with E-state index in [-0.39, 0.29) is 13.4 Å². The number of Topliss-reactive ketones (excluding diaryl/α,β-unsaturated/α-hetero) is 1. The van der Waals surface area contributed by atoms with Crippen LogP contribution >= 0.6 is 0 Å². The van der Waals surface area contributed by atoms with Crippen molar-refractivity contribution in [2.45, 2.75) is 33.2 Å². The summed E-state index contributed by atoms with van der Waals surface area (Å²) in [6, 6.07) is 10.1. The van der Waals surface area contributed by atoms with Crippen molar-refractivity contribution in [3.8, 4) is 0 Å². The van der Waals surface area contributed by atoms with E-state index < -0.39 is 0 Å². The summed E-state index contributed by atoms with van der Waals surface area (Å²) in [6.45, 7) is 6.77. The van der Waals surface area contributed by atoms with Crippen LogP contribution in [0.1, 0.15) is 27.8 Å². The Balaban J connectivity index is 0.00000256. The zero-order valence-corrected chi connectivity index (χ0v) is 10.4. The summed E-state index contributed by atoms with van der Waals surface area (Å²) >= 11 is 0. The third-order valence-corrected chi connectivity index (χ3v) is 2.65. The van der Waals surface area contributed by atoms with E-state index in [0.717, 1.165) is 13.0 Å². The lowest BCUT2D eigenvalue weighted by Crippen LogP contribution is -2.40. The van der Waals surface area contributed by atoms with Crippen LogP contribution in [0, 0.1) is 5.92 Å². The molecular formula is C14H23NO. The van der Waals surface area contributed by atoms with Gasteiger partial charge in [0.1, 0.15) is 0 Å². The molecule has 0 saturated heterocycles. The minimum absolute atomic E-state index is 0. The molecule has 0 bridgehead atoms. The highest BCUT2D eigenvalue weighted by Gasteiger charge is 2.20. The molecule has 1 rings (SSSR count). The lowest BCUT2D eigenvalue weighted by molar-refractivity contribution is -0.123. The molecule has 0 spiro atoms. The van der Waals surface area contributed by atoms with Crippen molar-refractivity contribution in [1.29, 1.82) is 0 Å². The molecule has 0 radical (unpaired) electrons. The molecular weight excluding hydrogens is 198 g/mol. The molecule has 90 valence electrons. The molecule has 0 saturated carbocycles. The maximum absolute atomic E-state index is 12.0. The standard InChI is InChI=1S/C14H21NO.H2/c1-4-15-13(14(16)11(2)3)10-12-8-6-5-7-9-12;/h5-9,11,13,15H,4,10H2,1-3H3;1H. The molecule has 0 aliphatic carbocycles. The van der Waals surface area contributed by atoms with Gasteiger partial charge in [0.25, 0.3) is 0 Å². The Morgan fingerprint density at radius 2 is 1.94 bits per heavy atom. The number of nitrogens with one attached hydrogen (secondary N) is 1. The van der Waals surface area contributed by atoms with Crippen molar-refractivity contribution < 1.29 is 6.22 Å². The number of ketones is 1. The lowest BCUT2D eigenvalue weighted by Gasteiger charge is -2.18. The normalized spacial score (nSPS) is 12.8. The quantitative estimate of drug-likeness (QED) is 0.800. The van der Waals surface area contributed by atoms with Gasteiger partial charge in [-0.1, -0.05) is 51.1 Å². The Kier molecular flexibility index (Phi) is 5.20. The largest absolute Gasteiger partial charge is 0.307 e. The molecule has 1 unspecified atom stereocenters. The Bertz CT molecular complexity index is 324. The first-order valence-electron chi connectivity index (χ1n) is 5.96. The second-order valence-corrected chi connectivity index (χ2v) is 4.36. The topological polar surface area (TPSA) is 29.1 Å². The Hall–Kier alpha value is -1.15. The summed E-state index contributed by atoms with van der Waals surface area (Å²) in [5.74, 6) is 0.387. The number of likely N-dealkylation sites (N-methyl/N-ethyl adjacent to an activating group) is 1. The fourth-order valence-electron chi connectivity index (χ4n) is 1.77. The van der Waals surface area contributed by atoms with E-state index in [2.05, 4.69) is 17.4 Å². The predicted octanol–water partition coefficient (Wildman–Crippen LogP) is 2.68. The van der Waals surface area contributed by atoms with Gasteiger partial charge in [-0.25, -0.2) is 0 Å². The highest BCUT2D eigenvalue weighted by Crippen LogP contribution is 2.08. The zero-order chi connectivity index (χ0) is 12.0. The van der Waals surface area contributed by atoms with Gasteiger partial charge in [-0.05, 0) is 18.5 Å². The molecule has 1 atom stereocenters. The highest BCUT2D eigenvalue weighted by molar-refractivity contribution is 5.86. The number of benzene rings is 1. The van der Waals surface area contributed by atoms with Gasteiger partial charge < -0.3 is 5.32 Å². The van der Waals surface area contributed by atoms with Crippen molar-refractivity contribution >= 4 is 5.78 Å². The molecule has 2 nitrogen and oxygen atoms in total. The highest BCUT2D eigenvalue weighted by atomic mass is 16.1. The maximum atomic E-state index is 12.0. The van der Waals surface area contributed by atoms with Gasteiger partial charge in [0.2, 0.25) is 0 Å². The van der Waals surface area contributed by atoms with E-state index in [4.69, 9.17) is 0 Å². The minimum atomic E-state index is -0.0487. The third kappa shape index (κ3) is 3.78. The molecule has 2 heteroatoms. The zero-order valence-electron chi connectivity index (χ0n) is 10.4. The van der Waals surface area contributed by atoms with Crippen LogP contribution < -0.4 is 5.32 Å². The van der Waals surface area contributed by atoms with Crippen LogP contribution in [-0.2, 0) is 11.2 Å². The summed E-state index contributed by atoms with van der Waals surface area (Å²) in [6.07, 6.45) is 0.783. The molecule has 0 aromatic heterocycles. The van der Waals surface area contributed by atoms with Crippen molar-refractivity contribution in [3.63, 3.8) is 0 Å². The first-order valence-corrected chi connectivity index (χ1v) is 5.96. The van der Waals surface area contributed by atoms with Crippen LogP contribution in [0.4, 0.5) is 0 Å². The van der Waals surface area contributed by atoms with Gasteiger partial charge in [-0.2, -0.15) is 0 Å². The fraction of sp³-hybridized carbons (Fsp3) is 0.500. The van der Waals surface area contributed by atoms with Crippen LogP contribution in [0.3, 0.4) is 0 Å². The maximum Gasteiger partial charge on any atom is 0.152 e. The average Bonchev–Trinajstić information content (AvgIpc) is 2.29. The second kappa shape index (κ2) is 6.44. The van der Waals surface area contributed by atoms with Crippen LogP contribution in [0.15, 0.2) is 30.3 Å². The lowest BCUT2D eigenvalue weighted by atomic mass is 9.96. The summed E-state index contributed by atoms with van der Waals surface area (Å²) < 4.78 is 0. The Morgan fingerprint density at radius 3 is 2.44 bits per heavy atom. The molecule has 1 aromatic rings. The first-order chi connectivity index (χ1) is 7.65. The van der Waals surface area contributed by atoms with E-state index >= 15 is 0 Å². The second-order valence-electron chi connectivity index (χ2n) is 4.36. The van der Waals surface area contributed by atoms with Gasteiger partial charge >= 0.3 is 0 Å². The smallest absolute Gasteiger partial charge is 0.152 e. The number of hydrogen-bond acceptors (Lipinski definition) is 2. The molecule has 0 aliphatic heterocycles. The summed E-state index contributed by atoms with van der Waals surface area (Å²) in [5.41, 5.74) is 1.21. The van der Waals surface area contributed by atoms with Gasteiger partial charge in [-0.15, -0.1) is 0 Å².